The van der Waals surface area contributed by atoms with Crippen molar-refractivity contribution in [3.63, 3.8) is 0 Å². The van der Waals surface area contributed by atoms with Crippen LogP contribution in [0.5, 0.6) is 0 Å². The molecule has 0 radical (unpaired) electrons. The van der Waals surface area contributed by atoms with Crippen molar-refractivity contribution in [2.24, 2.45) is 0 Å². The van der Waals surface area contributed by atoms with Crippen molar-refractivity contribution in [2.45, 2.75) is 12.8 Å². The first kappa shape index (κ1) is 19.7. The van der Waals surface area contributed by atoms with Gasteiger partial charge in [0.25, 0.3) is 5.91 Å². The fourth-order valence-corrected chi connectivity index (χ4v) is 3.41. The number of carbonyl (C=O) groups excluding carboxylic acids is 2. The highest BCUT2D eigenvalue weighted by molar-refractivity contribution is 6.42. The molecular formula is C18H21Cl2N4O3+. The summed E-state index contributed by atoms with van der Waals surface area (Å²) in [4.78, 5) is 28.3. The first-order chi connectivity index (χ1) is 13.0. The number of carbonyl (C=O) groups is 2. The second-order valence-corrected chi connectivity index (χ2v) is 7.31. The second-order valence-electron chi connectivity index (χ2n) is 6.50. The Morgan fingerprint density at radius 3 is 2.63 bits per heavy atom. The van der Waals surface area contributed by atoms with Crippen LogP contribution in [0.4, 0.5) is 5.82 Å². The third kappa shape index (κ3) is 5.45. The van der Waals surface area contributed by atoms with Gasteiger partial charge in [0.05, 0.1) is 36.2 Å². The van der Waals surface area contributed by atoms with Crippen LogP contribution in [0.25, 0.3) is 0 Å². The lowest BCUT2D eigenvalue weighted by molar-refractivity contribution is -0.886. The molecule has 1 aromatic carbocycles. The first-order valence-corrected chi connectivity index (χ1v) is 9.56. The molecule has 144 valence electrons. The molecule has 9 heteroatoms. The normalized spacial score (nSPS) is 14.3. The zero-order chi connectivity index (χ0) is 19.2. The average molecular weight is 412 g/mol. The largest absolute Gasteiger partial charge is 0.363 e. The number of rotatable bonds is 7. The van der Waals surface area contributed by atoms with Gasteiger partial charge in [0.15, 0.2) is 5.82 Å². The van der Waals surface area contributed by atoms with E-state index in [0.717, 1.165) is 19.6 Å². The number of halogens is 2. The van der Waals surface area contributed by atoms with E-state index in [2.05, 4.69) is 10.5 Å². The monoisotopic (exact) mass is 411 g/mol. The number of anilines is 1. The molecule has 0 atom stereocenters. The molecule has 1 aliphatic heterocycles. The molecule has 2 N–H and O–H groups in total. The van der Waals surface area contributed by atoms with E-state index in [1.807, 2.05) is 0 Å². The molecular weight excluding hydrogens is 391 g/mol. The molecule has 27 heavy (non-hydrogen) atoms. The Kier molecular flexibility index (Phi) is 6.71. The molecule has 0 bridgehead atoms. The lowest BCUT2D eigenvalue weighted by Gasteiger charge is -2.23. The van der Waals surface area contributed by atoms with Gasteiger partial charge < -0.3 is 19.6 Å². The number of benzene rings is 1. The van der Waals surface area contributed by atoms with Gasteiger partial charge in [-0.1, -0.05) is 28.4 Å². The number of likely N-dealkylation sites (tertiary alicyclic amines) is 1. The fourth-order valence-electron chi connectivity index (χ4n) is 3.11. The van der Waals surface area contributed by atoms with Crippen molar-refractivity contribution in [1.29, 1.82) is 0 Å². The highest BCUT2D eigenvalue weighted by Crippen LogP contribution is 2.23. The number of amides is 2. The lowest BCUT2D eigenvalue weighted by atomic mass is 10.2. The third-order valence-corrected chi connectivity index (χ3v) is 5.28. The zero-order valence-corrected chi connectivity index (χ0v) is 16.2. The molecule has 3 rings (SSSR count). The van der Waals surface area contributed by atoms with Crippen LogP contribution in [0.2, 0.25) is 10.0 Å². The van der Waals surface area contributed by atoms with Crippen LogP contribution < -0.4 is 10.2 Å². The molecule has 2 aromatic rings. The summed E-state index contributed by atoms with van der Waals surface area (Å²) in [5.41, 5.74) is 0.398. The molecule has 2 heterocycles. The summed E-state index contributed by atoms with van der Waals surface area (Å²) in [6.45, 7) is 3.38. The summed E-state index contributed by atoms with van der Waals surface area (Å²) < 4.78 is 4.70. The van der Waals surface area contributed by atoms with Crippen LogP contribution in [0.3, 0.4) is 0 Å². The first-order valence-electron chi connectivity index (χ1n) is 8.81. The summed E-state index contributed by atoms with van der Waals surface area (Å²) in [7, 11) is 0. The van der Waals surface area contributed by atoms with Gasteiger partial charge in [-0.15, -0.1) is 0 Å². The van der Waals surface area contributed by atoms with Crippen molar-refractivity contribution in [3.8, 4) is 0 Å². The number of aromatic nitrogens is 1. The number of hydrogen-bond acceptors (Lipinski definition) is 4. The van der Waals surface area contributed by atoms with Crippen LogP contribution in [0.15, 0.2) is 35.1 Å². The predicted molar refractivity (Wildman–Crippen MR) is 102 cm³/mol. The Hall–Kier alpha value is -2.09. The van der Waals surface area contributed by atoms with Crippen molar-refractivity contribution in [3.05, 3.63) is 46.1 Å². The van der Waals surface area contributed by atoms with Crippen molar-refractivity contribution >= 4 is 40.8 Å². The van der Waals surface area contributed by atoms with Gasteiger partial charge in [-0.3, -0.25) is 9.59 Å². The molecule has 1 aromatic heterocycles. The van der Waals surface area contributed by atoms with E-state index in [4.69, 9.17) is 27.7 Å². The van der Waals surface area contributed by atoms with E-state index >= 15 is 0 Å². The highest BCUT2D eigenvalue weighted by Gasteiger charge is 2.23. The summed E-state index contributed by atoms with van der Waals surface area (Å²) in [5.74, 6) is -0.289. The van der Waals surface area contributed by atoms with Crippen LogP contribution >= 0.6 is 23.2 Å². The molecule has 0 saturated carbocycles. The standard InChI is InChI=1S/C18H20Cl2N4O3/c19-14-4-3-13(11-15(14)20)18(26)24(9-8-23-6-1-2-7-23)12-17(25)21-16-5-10-27-22-16/h3-5,10-11H,1-2,6-9,12H2,(H,21,22,25)/p+1. The summed E-state index contributed by atoms with van der Waals surface area (Å²) >= 11 is 12.0. The molecule has 1 saturated heterocycles. The third-order valence-electron chi connectivity index (χ3n) is 4.54. The van der Waals surface area contributed by atoms with E-state index in [1.54, 1.807) is 12.1 Å². The maximum Gasteiger partial charge on any atom is 0.254 e. The summed E-state index contributed by atoms with van der Waals surface area (Å²) in [5, 5.41) is 6.95. The Labute approximate surface area is 167 Å². The zero-order valence-electron chi connectivity index (χ0n) is 14.7. The smallest absolute Gasteiger partial charge is 0.254 e. The average Bonchev–Trinajstić information content (AvgIpc) is 3.34. The van der Waals surface area contributed by atoms with Crippen molar-refractivity contribution < 1.29 is 19.0 Å². The van der Waals surface area contributed by atoms with Crippen LogP contribution in [0.1, 0.15) is 23.2 Å². The van der Waals surface area contributed by atoms with Crippen LogP contribution in [0, 0.1) is 0 Å². The molecule has 7 nitrogen and oxygen atoms in total. The number of hydrogen-bond donors (Lipinski definition) is 2. The summed E-state index contributed by atoms with van der Waals surface area (Å²) in [6, 6.07) is 6.26. The maximum absolute atomic E-state index is 13.0. The van der Waals surface area contributed by atoms with Gasteiger partial charge in [0, 0.05) is 24.5 Å². The van der Waals surface area contributed by atoms with E-state index < -0.39 is 0 Å². The van der Waals surface area contributed by atoms with Gasteiger partial charge >= 0.3 is 0 Å². The van der Waals surface area contributed by atoms with E-state index in [9.17, 15) is 9.59 Å². The lowest BCUT2D eigenvalue weighted by Crippen LogP contribution is -3.10. The van der Waals surface area contributed by atoms with Crippen molar-refractivity contribution in [1.82, 2.24) is 10.1 Å². The minimum absolute atomic E-state index is 0.0841. The van der Waals surface area contributed by atoms with Gasteiger partial charge in [-0.25, -0.2) is 0 Å². The Morgan fingerprint density at radius 1 is 1.19 bits per heavy atom. The molecule has 2 amide bonds. The van der Waals surface area contributed by atoms with Gasteiger partial charge in [0.2, 0.25) is 5.91 Å². The van der Waals surface area contributed by atoms with E-state index in [1.165, 1.54) is 41.0 Å². The predicted octanol–water partition coefficient (Wildman–Crippen LogP) is 1.74. The van der Waals surface area contributed by atoms with Crippen LogP contribution in [-0.2, 0) is 4.79 Å². The van der Waals surface area contributed by atoms with Gasteiger partial charge in [-0.05, 0) is 18.2 Å². The molecule has 0 aliphatic carbocycles. The topological polar surface area (TPSA) is 79.9 Å². The molecule has 0 unspecified atom stereocenters. The van der Waals surface area contributed by atoms with Gasteiger partial charge in [-0.2, -0.15) is 0 Å². The maximum atomic E-state index is 13.0. The number of nitrogens with one attached hydrogen (secondary N) is 2. The Bertz CT molecular complexity index is 792. The highest BCUT2D eigenvalue weighted by atomic mass is 35.5. The fraction of sp³-hybridized carbons (Fsp3) is 0.389. The number of nitrogens with zero attached hydrogens (tertiary/aromatic N) is 2. The van der Waals surface area contributed by atoms with Gasteiger partial charge in [0.1, 0.15) is 12.8 Å². The van der Waals surface area contributed by atoms with E-state index in [0.29, 0.717) is 28.0 Å². The Balaban J connectivity index is 1.69. The molecule has 0 spiro atoms. The van der Waals surface area contributed by atoms with Crippen molar-refractivity contribution in [2.75, 3.05) is 38.0 Å². The minimum atomic E-state index is -0.339. The minimum Gasteiger partial charge on any atom is -0.363 e. The summed E-state index contributed by atoms with van der Waals surface area (Å²) in [6.07, 6.45) is 3.76. The molecule has 1 fully saturated rings. The quantitative estimate of drug-likeness (QED) is 0.726. The number of quaternary nitrogens is 1. The Morgan fingerprint density at radius 2 is 1.96 bits per heavy atom. The second kappa shape index (κ2) is 9.21. The van der Waals surface area contributed by atoms with Crippen LogP contribution in [-0.4, -0.2) is 54.6 Å². The SMILES string of the molecule is O=C(CN(CC[NH+]1CCCC1)C(=O)c1ccc(Cl)c(Cl)c1)Nc1ccon1. The van der Waals surface area contributed by atoms with E-state index in [-0.39, 0.29) is 18.4 Å². The molecule has 1 aliphatic rings.